The molecule has 90 heavy (non-hydrogen) atoms. The molecule has 14 rings (SSSR count). The molecule has 0 N–H and O–H groups in total. The molecule has 12 aromatic rings. The molecule has 11 aromatic carbocycles. The number of fused-ring (bicyclic) bond motifs is 12. The van der Waals surface area contributed by atoms with Crippen LogP contribution in [-0.2, 0) is 32.5 Å². The molecule has 0 amide bonds. The monoisotopic (exact) mass is 1190 g/mol. The highest BCUT2D eigenvalue weighted by Crippen LogP contribution is 2.66. The van der Waals surface area contributed by atoms with Crippen LogP contribution in [0.1, 0.15) is 180 Å². The van der Waals surface area contributed by atoms with Crippen molar-refractivity contribution in [1.29, 1.82) is 0 Å². The lowest BCUT2D eigenvalue weighted by atomic mass is 9.75. The Labute approximate surface area is 540 Å². The Morgan fingerprint density at radius 2 is 0.700 bits per heavy atom. The van der Waals surface area contributed by atoms with Crippen LogP contribution < -0.4 is 9.80 Å². The Balaban J connectivity index is 1.11. The number of para-hydroxylation sites is 2. The van der Waals surface area contributed by atoms with Gasteiger partial charge in [0.15, 0.2) is 0 Å². The van der Waals surface area contributed by atoms with E-state index in [0.717, 1.165) is 0 Å². The van der Waals surface area contributed by atoms with Crippen LogP contribution in [0, 0.1) is 0 Å². The topological polar surface area (TPSA) is 6.48 Å². The summed E-state index contributed by atoms with van der Waals surface area (Å²) in [5, 5.41) is 8.98. The lowest BCUT2D eigenvalue weighted by molar-refractivity contribution is 0.568. The first-order chi connectivity index (χ1) is 42.4. The number of benzene rings is 11. The SMILES string of the molecule is CC(C)(C)c1cc(-c2ccccc2N2c3cccc4c3C(c3cccc(-c5cc(C(C)(C)C)cc(C(C)(C)C)c5)c32)c2sc3ccc(C(C)(C)C)cc3c2N4c2ccc(C(C)(C)C)cc2-c2ccc3c4ccccc4c4ccccc4c3c2)cc(C(C)(C)C)c1. The molecule has 3 heteroatoms. The van der Waals surface area contributed by atoms with Gasteiger partial charge in [-0.1, -0.05) is 276 Å². The van der Waals surface area contributed by atoms with Gasteiger partial charge in [-0.25, -0.2) is 0 Å². The van der Waals surface area contributed by atoms with E-state index in [-0.39, 0.29) is 38.4 Å². The molecule has 452 valence electrons. The molecule has 2 aliphatic rings. The number of thiophene rings is 1. The minimum atomic E-state index is -0.108. The van der Waals surface area contributed by atoms with E-state index in [0.29, 0.717) is 0 Å². The first kappa shape index (κ1) is 59.4. The van der Waals surface area contributed by atoms with E-state index in [1.165, 1.54) is 159 Å². The highest BCUT2D eigenvalue weighted by Gasteiger charge is 2.45. The molecule has 0 spiro atoms. The summed E-state index contributed by atoms with van der Waals surface area (Å²) >= 11 is 1.99. The third-order valence-electron chi connectivity index (χ3n) is 19.7. The van der Waals surface area contributed by atoms with Crippen molar-refractivity contribution in [3.63, 3.8) is 0 Å². The summed E-state index contributed by atoms with van der Waals surface area (Å²) in [4.78, 5) is 6.78. The standard InChI is InChI=1S/C87H88N2S/c1-82(2,3)55-38-41-73(69(50-55)52-37-40-67-65-30-20-19-28-63(65)64-29-21-22-31-66(64)70(67)47-52)89-75-36-26-35-74-78(75)77(81-80(89)71-51-56(83(4,5)6)39-42-76(71)90-81)68-33-25-32-62(54-45-59(86(13,14)15)49-60(46-54)87(16,17)18)79(68)88(74)72-34-24-23-27-61(72)53-43-57(84(7,8)9)48-58(44-53)85(10,11)12/h19-51,77H,1-18H3. The Hall–Kier alpha value is -8.24. The second-order valence-corrected chi connectivity index (χ2v) is 33.4. The van der Waals surface area contributed by atoms with Crippen LogP contribution in [0.4, 0.5) is 34.1 Å². The van der Waals surface area contributed by atoms with Crippen LogP contribution in [0.2, 0.25) is 0 Å². The van der Waals surface area contributed by atoms with Crippen LogP contribution in [0.5, 0.6) is 0 Å². The fourth-order valence-electron chi connectivity index (χ4n) is 14.4. The third-order valence-corrected chi connectivity index (χ3v) is 21.0. The van der Waals surface area contributed by atoms with Crippen molar-refractivity contribution >= 4 is 87.9 Å². The molecular weight excluding hydrogens is 1110 g/mol. The fraction of sp³-hybridized carbons (Fsp3) is 0.287. The molecule has 0 bridgehead atoms. The van der Waals surface area contributed by atoms with Crippen molar-refractivity contribution in [2.45, 2.75) is 163 Å². The Kier molecular flexibility index (Phi) is 13.6. The molecule has 0 fully saturated rings. The van der Waals surface area contributed by atoms with Gasteiger partial charge in [0.1, 0.15) is 0 Å². The second-order valence-electron chi connectivity index (χ2n) is 32.3. The van der Waals surface area contributed by atoms with Crippen molar-refractivity contribution < 1.29 is 0 Å². The molecule has 1 aromatic heterocycles. The largest absolute Gasteiger partial charge is 0.309 e. The highest BCUT2D eigenvalue weighted by atomic mass is 32.1. The van der Waals surface area contributed by atoms with E-state index in [1.54, 1.807) is 0 Å². The maximum Gasteiger partial charge on any atom is 0.0689 e. The summed E-state index contributed by atoms with van der Waals surface area (Å²) in [5.41, 5.74) is 24.8. The lowest BCUT2D eigenvalue weighted by Gasteiger charge is -2.45. The van der Waals surface area contributed by atoms with Gasteiger partial charge < -0.3 is 9.80 Å². The van der Waals surface area contributed by atoms with Crippen LogP contribution in [0.25, 0.3) is 75.8 Å². The van der Waals surface area contributed by atoms with E-state index in [9.17, 15) is 0 Å². The zero-order valence-corrected chi connectivity index (χ0v) is 57.2. The maximum absolute atomic E-state index is 2.71. The summed E-state index contributed by atoms with van der Waals surface area (Å²) in [6.45, 7) is 42.5. The van der Waals surface area contributed by atoms with Gasteiger partial charge in [0.25, 0.3) is 0 Å². The highest BCUT2D eigenvalue weighted by molar-refractivity contribution is 7.20. The van der Waals surface area contributed by atoms with Gasteiger partial charge in [0, 0.05) is 37.2 Å². The maximum atomic E-state index is 2.71. The molecule has 2 aliphatic heterocycles. The third kappa shape index (κ3) is 9.88. The minimum absolute atomic E-state index is 0.0670. The van der Waals surface area contributed by atoms with Crippen LogP contribution in [-0.4, -0.2) is 0 Å². The van der Waals surface area contributed by atoms with Crippen LogP contribution in [0.3, 0.4) is 0 Å². The summed E-state index contributed by atoms with van der Waals surface area (Å²) in [6.07, 6.45) is 0. The molecule has 0 saturated carbocycles. The first-order valence-electron chi connectivity index (χ1n) is 32.8. The Morgan fingerprint density at radius 3 is 1.24 bits per heavy atom. The van der Waals surface area contributed by atoms with Gasteiger partial charge in [0.2, 0.25) is 0 Å². The molecule has 1 unspecified atom stereocenters. The summed E-state index contributed by atoms with van der Waals surface area (Å²) in [6, 6.07) is 78.7. The van der Waals surface area contributed by atoms with E-state index in [4.69, 9.17) is 0 Å². The fourth-order valence-corrected chi connectivity index (χ4v) is 15.7. The van der Waals surface area contributed by atoms with Crippen molar-refractivity contribution in [3.8, 4) is 33.4 Å². The second kappa shape index (κ2) is 20.6. The van der Waals surface area contributed by atoms with Crippen molar-refractivity contribution in [3.05, 3.63) is 250 Å². The van der Waals surface area contributed by atoms with Crippen molar-refractivity contribution in [2.75, 3.05) is 9.80 Å². The van der Waals surface area contributed by atoms with Gasteiger partial charge in [-0.2, -0.15) is 0 Å². The molecule has 3 heterocycles. The summed E-state index contributed by atoms with van der Waals surface area (Å²) in [7, 11) is 0. The van der Waals surface area contributed by atoms with Gasteiger partial charge in [-0.3, -0.25) is 0 Å². The summed E-state index contributed by atoms with van der Waals surface area (Å²) in [5.74, 6) is -0.0847. The van der Waals surface area contributed by atoms with E-state index in [1.807, 2.05) is 11.3 Å². The van der Waals surface area contributed by atoms with Gasteiger partial charge in [0.05, 0.1) is 40.0 Å². The predicted molar refractivity (Wildman–Crippen MR) is 393 cm³/mol. The normalized spacial score (nSPS) is 14.6. The van der Waals surface area contributed by atoms with Crippen LogP contribution >= 0.6 is 11.3 Å². The molecular formula is C87H88N2S. The molecule has 0 radical (unpaired) electrons. The van der Waals surface area contributed by atoms with Gasteiger partial charge in [-0.15, -0.1) is 11.3 Å². The van der Waals surface area contributed by atoms with Crippen molar-refractivity contribution in [1.82, 2.24) is 0 Å². The molecule has 0 aliphatic carbocycles. The molecule has 1 atom stereocenters. The smallest absolute Gasteiger partial charge is 0.0689 e. The first-order valence-corrected chi connectivity index (χ1v) is 33.6. The van der Waals surface area contributed by atoms with Crippen molar-refractivity contribution in [2.24, 2.45) is 0 Å². The Bertz CT molecular complexity index is 4800. The zero-order chi connectivity index (χ0) is 63.5. The van der Waals surface area contributed by atoms with Gasteiger partial charge >= 0.3 is 0 Å². The number of rotatable bonds is 5. The minimum Gasteiger partial charge on any atom is -0.309 e. The average molecular weight is 1190 g/mol. The molecule has 2 nitrogen and oxygen atoms in total. The predicted octanol–water partition coefficient (Wildman–Crippen LogP) is 25.9. The number of hydrogen-bond donors (Lipinski definition) is 0. The summed E-state index contributed by atoms with van der Waals surface area (Å²) < 4.78 is 1.30. The van der Waals surface area contributed by atoms with E-state index < -0.39 is 0 Å². The Morgan fingerprint density at radius 1 is 0.278 bits per heavy atom. The van der Waals surface area contributed by atoms with E-state index in [2.05, 4.69) is 335 Å². The average Bonchev–Trinajstić information content (AvgIpc) is 1.16. The van der Waals surface area contributed by atoms with E-state index >= 15 is 0 Å². The quantitative estimate of drug-likeness (QED) is 0.159. The van der Waals surface area contributed by atoms with Crippen LogP contribution in [0.15, 0.2) is 200 Å². The number of nitrogens with zero attached hydrogens (tertiary/aromatic N) is 2. The lowest BCUT2D eigenvalue weighted by Crippen LogP contribution is -2.29. The zero-order valence-electron chi connectivity index (χ0n) is 56.4. The van der Waals surface area contributed by atoms with Gasteiger partial charge in [-0.05, 0) is 169 Å². The number of hydrogen-bond acceptors (Lipinski definition) is 3. The number of anilines is 6. The molecule has 0 saturated heterocycles.